The fraction of sp³-hybridized carbons (Fsp3) is 0.100. The molecule has 0 spiro atoms. The number of nitrogens with one attached hydrogen (secondary N) is 1. The Morgan fingerprint density at radius 2 is 2.00 bits per heavy atom. The van der Waals surface area contributed by atoms with Gasteiger partial charge in [0.2, 0.25) is 0 Å². The molecule has 1 aromatic rings. The second-order valence-electron chi connectivity index (χ2n) is 3.22. The maximum atomic E-state index is 13.4. The van der Waals surface area contributed by atoms with Crippen LogP contribution in [0.5, 0.6) is 5.75 Å². The van der Waals surface area contributed by atoms with Crippen molar-refractivity contribution in [1.29, 1.82) is 0 Å². The second-order valence-corrected chi connectivity index (χ2v) is 3.22. The molecule has 7 heteroatoms. The first kappa shape index (κ1) is 11.1. The zero-order chi connectivity index (χ0) is 12.6. The van der Waals surface area contributed by atoms with E-state index in [0.29, 0.717) is 4.90 Å². The third-order valence-corrected chi connectivity index (χ3v) is 2.21. The number of ether oxygens (including phenoxy) is 1. The van der Waals surface area contributed by atoms with Crippen LogP contribution in [0.4, 0.5) is 14.9 Å². The number of halogens is 1. The molecule has 88 valence electrons. The van der Waals surface area contributed by atoms with Crippen LogP contribution in [0.25, 0.3) is 0 Å². The molecule has 1 heterocycles. The SMILES string of the molecule is COc1ccc(N2C(=O)NC(=O)C2=O)cc1F. The van der Waals surface area contributed by atoms with Crippen LogP contribution in [0, 0.1) is 5.82 Å². The summed E-state index contributed by atoms with van der Waals surface area (Å²) < 4.78 is 18.1. The number of benzene rings is 1. The van der Waals surface area contributed by atoms with Crippen molar-refractivity contribution in [1.82, 2.24) is 5.32 Å². The van der Waals surface area contributed by atoms with Gasteiger partial charge in [-0.3, -0.25) is 14.9 Å². The summed E-state index contributed by atoms with van der Waals surface area (Å²) in [5.74, 6) is -2.83. The van der Waals surface area contributed by atoms with E-state index >= 15 is 0 Å². The summed E-state index contributed by atoms with van der Waals surface area (Å²) in [6.07, 6.45) is 0. The largest absolute Gasteiger partial charge is 0.494 e. The Labute approximate surface area is 95.0 Å². The number of carbonyl (C=O) groups is 3. The molecule has 1 aliphatic heterocycles. The molecule has 0 unspecified atom stereocenters. The highest BCUT2D eigenvalue weighted by Gasteiger charge is 2.38. The van der Waals surface area contributed by atoms with E-state index in [9.17, 15) is 18.8 Å². The standard InChI is InChI=1S/C10H7FN2O4/c1-17-7-3-2-5(4-6(7)11)13-9(15)8(14)12-10(13)16/h2-4H,1H3,(H,12,14,16). The predicted octanol–water partition coefficient (Wildman–Crippen LogP) is 0.417. The van der Waals surface area contributed by atoms with Crippen LogP contribution in [0.1, 0.15) is 0 Å². The number of methoxy groups -OCH3 is 1. The average molecular weight is 238 g/mol. The highest BCUT2D eigenvalue weighted by Crippen LogP contribution is 2.24. The molecule has 1 fully saturated rings. The molecule has 1 N–H and O–H groups in total. The molecule has 0 atom stereocenters. The fourth-order valence-electron chi connectivity index (χ4n) is 1.43. The lowest BCUT2D eigenvalue weighted by atomic mass is 10.2. The molecule has 0 bridgehead atoms. The maximum Gasteiger partial charge on any atom is 0.336 e. The number of rotatable bonds is 2. The minimum absolute atomic E-state index is 0.0212. The number of amides is 4. The molecule has 1 saturated heterocycles. The Balaban J connectivity index is 2.41. The maximum absolute atomic E-state index is 13.4. The van der Waals surface area contributed by atoms with Crippen molar-refractivity contribution in [2.75, 3.05) is 12.0 Å². The van der Waals surface area contributed by atoms with Gasteiger partial charge in [-0.05, 0) is 12.1 Å². The van der Waals surface area contributed by atoms with Crippen molar-refractivity contribution < 1.29 is 23.5 Å². The number of nitrogens with zero attached hydrogens (tertiary/aromatic N) is 1. The third-order valence-electron chi connectivity index (χ3n) is 2.21. The van der Waals surface area contributed by atoms with Gasteiger partial charge in [-0.25, -0.2) is 14.1 Å². The number of imide groups is 2. The van der Waals surface area contributed by atoms with E-state index in [-0.39, 0.29) is 11.4 Å². The van der Waals surface area contributed by atoms with E-state index in [4.69, 9.17) is 4.74 Å². The minimum atomic E-state index is -1.04. The molecule has 0 radical (unpaired) electrons. The summed E-state index contributed by atoms with van der Waals surface area (Å²) in [6.45, 7) is 0. The highest BCUT2D eigenvalue weighted by molar-refractivity contribution is 6.53. The first-order chi connectivity index (χ1) is 8.04. The monoisotopic (exact) mass is 238 g/mol. The summed E-state index contributed by atoms with van der Waals surface area (Å²) in [7, 11) is 1.29. The smallest absolute Gasteiger partial charge is 0.336 e. The summed E-state index contributed by atoms with van der Waals surface area (Å²) in [5.41, 5.74) is -0.0309. The lowest BCUT2D eigenvalue weighted by Gasteiger charge is -2.12. The molecule has 1 aromatic carbocycles. The van der Waals surface area contributed by atoms with Crippen LogP contribution in [0.2, 0.25) is 0 Å². The van der Waals surface area contributed by atoms with Crippen molar-refractivity contribution in [3.05, 3.63) is 24.0 Å². The highest BCUT2D eigenvalue weighted by atomic mass is 19.1. The Morgan fingerprint density at radius 3 is 2.47 bits per heavy atom. The van der Waals surface area contributed by atoms with Gasteiger partial charge in [-0.15, -0.1) is 0 Å². The number of urea groups is 1. The van der Waals surface area contributed by atoms with Gasteiger partial charge in [0.05, 0.1) is 12.8 Å². The van der Waals surface area contributed by atoms with Gasteiger partial charge in [0.1, 0.15) is 0 Å². The first-order valence-corrected chi connectivity index (χ1v) is 4.57. The van der Waals surface area contributed by atoms with Crippen LogP contribution in [-0.4, -0.2) is 25.0 Å². The molecule has 0 saturated carbocycles. The van der Waals surface area contributed by atoms with Gasteiger partial charge in [0, 0.05) is 6.07 Å². The normalized spacial score (nSPS) is 15.2. The van der Waals surface area contributed by atoms with Gasteiger partial charge in [-0.1, -0.05) is 0 Å². The van der Waals surface area contributed by atoms with Gasteiger partial charge in [-0.2, -0.15) is 0 Å². The molecule has 1 aliphatic rings. The van der Waals surface area contributed by atoms with E-state index in [0.717, 1.165) is 6.07 Å². The molecule has 0 aliphatic carbocycles. The number of hydrogen-bond donors (Lipinski definition) is 1. The van der Waals surface area contributed by atoms with E-state index < -0.39 is 23.7 Å². The van der Waals surface area contributed by atoms with Crippen LogP contribution in [-0.2, 0) is 9.59 Å². The van der Waals surface area contributed by atoms with Crippen LogP contribution in [0.3, 0.4) is 0 Å². The van der Waals surface area contributed by atoms with Crippen molar-refractivity contribution in [3.63, 3.8) is 0 Å². The quantitative estimate of drug-likeness (QED) is 0.598. The van der Waals surface area contributed by atoms with Crippen molar-refractivity contribution in [2.24, 2.45) is 0 Å². The number of anilines is 1. The topological polar surface area (TPSA) is 75.7 Å². The Bertz CT molecular complexity index is 529. The third kappa shape index (κ3) is 1.71. The summed E-state index contributed by atoms with van der Waals surface area (Å²) >= 11 is 0. The van der Waals surface area contributed by atoms with Gasteiger partial charge >= 0.3 is 17.8 Å². The Hall–Kier alpha value is -2.44. The van der Waals surface area contributed by atoms with Crippen LogP contribution in [0.15, 0.2) is 18.2 Å². The van der Waals surface area contributed by atoms with Crippen molar-refractivity contribution in [2.45, 2.75) is 0 Å². The lowest BCUT2D eigenvalue weighted by molar-refractivity contribution is -0.134. The van der Waals surface area contributed by atoms with Crippen molar-refractivity contribution >= 4 is 23.5 Å². The summed E-state index contributed by atoms with van der Waals surface area (Å²) in [5, 5.41) is 1.81. The molecule has 6 nitrogen and oxygen atoms in total. The molecule has 4 amide bonds. The summed E-state index contributed by atoms with van der Waals surface area (Å²) in [6, 6.07) is 2.60. The zero-order valence-electron chi connectivity index (χ0n) is 8.69. The van der Waals surface area contributed by atoms with E-state index in [1.165, 1.54) is 19.2 Å². The molecule has 17 heavy (non-hydrogen) atoms. The minimum Gasteiger partial charge on any atom is -0.494 e. The van der Waals surface area contributed by atoms with Crippen LogP contribution < -0.4 is 15.0 Å². The van der Waals surface area contributed by atoms with E-state index in [1.54, 1.807) is 0 Å². The fourth-order valence-corrected chi connectivity index (χ4v) is 1.43. The predicted molar refractivity (Wildman–Crippen MR) is 54.0 cm³/mol. The summed E-state index contributed by atoms with van der Waals surface area (Å²) in [4.78, 5) is 34.1. The van der Waals surface area contributed by atoms with Crippen molar-refractivity contribution in [3.8, 4) is 5.75 Å². The van der Waals surface area contributed by atoms with Gasteiger partial charge in [0.15, 0.2) is 11.6 Å². The molecule has 0 aromatic heterocycles. The number of carbonyl (C=O) groups excluding carboxylic acids is 3. The van der Waals surface area contributed by atoms with Crippen LogP contribution >= 0.6 is 0 Å². The number of hydrogen-bond acceptors (Lipinski definition) is 4. The lowest BCUT2D eigenvalue weighted by Crippen LogP contribution is -2.30. The van der Waals surface area contributed by atoms with E-state index in [1.807, 2.05) is 5.32 Å². The molecular formula is C10H7FN2O4. The molecular weight excluding hydrogens is 231 g/mol. The first-order valence-electron chi connectivity index (χ1n) is 4.57. The van der Waals surface area contributed by atoms with Gasteiger partial charge in [0.25, 0.3) is 0 Å². The Morgan fingerprint density at radius 1 is 1.29 bits per heavy atom. The Kier molecular flexibility index (Phi) is 2.51. The van der Waals surface area contributed by atoms with Gasteiger partial charge < -0.3 is 4.74 Å². The van der Waals surface area contributed by atoms with E-state index in [2.05, 4.69) is 0 Å². The molecule has 2 rings (SSSR count). The second kappa shape index (κ2) is 3.85. The zero-order valence-corrected chi connectivity index (χ0v) is 8.69. The average Bonchev–Trinajstić information content (AvgIpc) is 2.53.